The van der Waals surface area contributed by atoms with Crippen molar-refractivity contribution in [2.75, 3.05) is 0 Å². The molecule has 0 amide bonds. The van der Waals surface area contributed by atoms with Crippen LogP contribution < -0.4 is 0 Å². The summed E-state index contributed by atoms with van der Waals surface area (Å²) in [4.78, 5) is 0. The van der Waals surface area contributed by atoms with Crippen molar-refractivity contribution < 1.29 is 0 Å². The van der Waals surface area contributed by atoms with Gasteiger partial charge in [-0.25, -0.2) is 0 Å². The Labute approximate surface area is 116 Å². The van der Waals surface area contributed by atoms with Crippen LogP contribution in [0.3, 0.4) is 0 Å². The van der Waals surface area contributed by atoms with Crippen LogP contribution in [0.4, 0.5) is 0 Å². The lowest BCUT2D eigenvalue weighted by atomic mass is 9.54. The molecule has 3 atom stereocenters. The Morgan fingerprint density at radius 1 is 1.05 bits per heavy atom. The molecule has 2 fully saturated rings. The molecule has 1 heteroatoms. The smallest absolute Gasteiger partial charge is 0.0991 e. The zero-order valence-corrected chi connectivity index (χ0v) is 11.9. The quantitative estimate of drug-likeness (QED) is 0.689. The minimum atomic E-state index is 0.505. The van der Waals surface area contributed by atoms with E-state index in [4.69, 9.17) is 5.26 Å². The molecule has 1 aromatic carbocycles. The number of hydrogen-bond acceptors (Lipinski definition) is 1. The van der Waals surface area contributed by atoms with Gasteiger partial charge in [0.25, 0.3) is 0 Å². The zero-order chi connectivity index (χ0) is 13.3. The molecular formula is C18H23N. The minimum absolute atomic E-state index is 0.505. The minimum Gasteiger partial charge on any atom is -0.192 e. The molecule has 2 aliphatic carbocycles. The van der Waals surface area contributed by atoms with Crippen LogP contribution in [0.2, 0.25) is 0 Å². The predicted molar refractivity (Wildman–Crippen MR) is 77.8 cm³/mol. The summed E-state index contributed by atoms with van der Waals surface area (Å²) in [5.74, 6) is 1.63. The molecule has 1 aromatic rings. The molecule has 1 nitrogen and oxygen atoms in total. The summed E-state index contributed by atoms with van der Waals surface area (Å²) in [5, 5.41) is 8.93. The molecule has 0 bridgehead atoms. The first-order valence-corrected chi connectivity index (χ1v) is 7.74. The lowest BCUT2D eigenvalue weighted by Crippen LogP contribution is -2.39. The van der Waals surface area contributed by atoms with E-state index in [1.165, 1.54) is 50.5 Å². The highest BCUT2D eigenvalue weighted by Gasteiger charge is 2.45. The maximum absolute atomic E-state index is 8.93. The normalized spacial score (nSPS) is 34.3. The van der Waals surface area contributed by atoms with Gasteiger partial charge in [-0.3, -0.25) is 0 Å². The molecule has 1 unspecified atom stereocenters. The monoisotopic (exact) mass is 253 g/mol. The Morgan fingerprint density at radius 2 is 1.79 bits per heavy atom. The number of nitriles is 1. The molecule has 19 heavy (non-hydrogen) atoms. The second kappa shape index (κ2) is 5.00. The number of nitrogens with zero attached hydrogens (tertiary/aromatic N) is 1. The summed E-state index contributed by atoms with van der Waals surface area (Å²) in [5.41, 5.74) is 2.75. The van der Waals surface area contributed by atoms with E-state index in [1.54, 1.807) is 0 Å². The van der Waals surface area contributed by atoms with Gasteiger partial charge in [0.05, 0.1) is 11.6 Å². The van der Waals surface area contributed by atoms with Gasteiger partial charge < -0.3 is 0 Å². The van der Waals surface area contributed by atoms with Gasteiger partial charge in [-0.1, -0.05) is 38.3 Å². The average molecular weight is 253 g/mol. The number of benzene rings is 1. The first-order valence-electron chi connectivity index (χ1n) is 7.74. The Kier molecular flexibility index (Phi) is 3.35. The second-order valence-corrected chi connectivity index (χ2v) is 6.67. The molecule has 0 radical (unpaired) electrons. The SMILES string of the molecule is C[C@]12CCCC[C@@H]1CCCC2c1ccc(C#N)cc1. The summed E-state index contributed by atoms with van der Waals surface area (Å²) < 4.78 is 0. The third-order valence-electron chi connectivity index (χ3n) is 5.73. The third-order valence-corrected chi connectivity index (χ3v) is 5.73. The van der Waals surface area contributed by atoms with Crippen LogP contribution in [-0.4, -0.2) is 0 Å². The lowest BCUT2D eigenvalue weighted by Gasteiger charge is -2.51. The topological polar surface area (TPSA) is 23.8 Å². The number of fused-ring (bicyclic) bond motifs is 1. The highest BCUT2D eigenvalue weighted by molar-refractivity contribution is 5.34. The third kappa shape index (κ3) is 2.18. The van der Waals surface area contributed by atoms with Gasteiger partial charge in [-0.2, -0.15) is 5.26 Å². The van der Waals surface area contributed by atoms with Crippen molar-refractivity contribution in [2.45, 2.75) is 57.8 Å². The Balaban J connectivity index is 1.91. The fraction of sp³-hybridized carbons (Fsp3) is 0.611. The predicted octanol–water partition coefficient (Wildman–Crippen LogP) is 5.02. The lowest BCUT2D eigenvalue weighted by molar-refractivity contribution is 0.0392. The van der Waals surface area contributed by atoms with Gasteiger partial charge in [0.2, 0.25) is 0 Å². The van der Waals surface area contributed by atoms with E-state index in [0.717, 1.165) is 11.5 Å². The van der Waals surface area contributed by atoms with Gasteiger partial charge in [-0.15, -0.1) is 0 Å². The molecule has 2 saturated carbocycles. The van der Waals surface area contributed by atoms with E-state index >= 15 is 0 Å². The first kappa shape index (κ1) is 12.7. The highest BCUT2D eigenvalue weighted by atomic mass is 14.5. The second-order valence-electron chi connectivity index (χ2n) is 6.67. The molecule has 100 valence electrons. The van der Waals surface area contributed by atoms with Crippen LogP contribution in [0.25, 0.3) is 0 Å². The molecule has 0 aliphatic heterocycles. The summed E-state index contributed by atoms with van der Waals surface area (Å²) in [6, 6.07) is 10.6. The fourth-order valence-corrected chi connectivity index (χ4v) is 4.60. The van der Waals surface area contributed by atoms with Crippen molar-refractivity contribution in [1.29, 1.82) is 5.26 Å². The molecular weight excluding hydrogens is 230 g/mol. The Bertz CT molecular complexity index is 479. The zero-order valence-electron chi connectivity index (χ0n) is 11.9. The summed E-state index contributed by atoms with van der Waals surface area (Å²) >= 11 is 0. The van der Waals surface area contributed by atoms with Gasteiger partial charge >= 0.3 is 0 Å². The first-order chi connectivity index (χ1) is 9.24. The standard InChI is InChI=1S/C18H23N/c1-18-12-3-2-5-16(18)6-4-7-17(18)15-10-8-14(13-19)9-11-15/h8-11,16-17H,2-7,12H2,1H3/t16-,17?,18+/m1/s1. The van der Waals surface area contributed by atoms with Gasteiger partial charge in [0.15, 0.2) is 0 Å². The van der Waals surface area contributed by atoms with Gasteiger partial charge in [0, 0.05) is 0 Å². The van der Waals surface area contributed by atoms with Crippen LogP contribution in [-0.2, 0) is 0 Å². The molecule has 0 heterocycles. The summed E-state index contributed by atoms with van der Waals surface area (Å²) in [6.07, 6.45) is 9.80. The molecule has 3 rings (SSSR count). The Morgan fingerprint density at radius 3 is 2.53 bits per heavy atom. The maximum atomic E-state index is 8.93. The maximum Gasteiger partial charge on any atom is 0.0991 e. The van der Waals surface area contributed by atoms with E-state index < -0.39 is 0 Å². The van der Waals surface area contributed by atoms with Gasteiger partial charge in [-0.05, 0) is 60.6 Å². The Hall–Kier alpha value is -1.29. The molecule has 0 aromatic heterocycles. The van der Waals surface area contributed by atoms with E-state index in [-0.39, 0.29) is 0 Å². The van der Waals surface area contributed by atoms with Crippen molar-refractivity contribution in [3.8, 4) is 6.07 Å². The average Bonchev–Trinajstić information content (AvgIpc) is 2.46. The fourth-order valence-electron chi connectivity index (χ4n) is 4.60. The summed E-state index contributed by atoms with van der Waals surface area (Å²) in [7, 11) is 0. The van der Waals surface area contributed by atoms with Crippen LogP contribution in [0.1, 0.15) is 68.9 Å². The van der Waals surface area contributed by atoms with E-state index in [9.17, 15) is 0 Å². The van der Waals surface area contributed by atoms with Crippen LogP contribution in [0, 0.1) is 22.7 Å². The van der Waals surface area contributed by atoms with Gasteiger partial charge in [0.1, 0.15) is 0 Å². The van der Waals surface area contributed by atoms with Crippen molar-refractivity contribution in [3.05, 3.63) is 35.4 Å². The van der Waals surface area contributed by atoms with Crippen molar-refractivity contribution in [3.63, 3.8) is 0 Å². The molecule has 2 aliphatic rings. The van der Waals surface area contributed by atoms with E-state index in [1.807, 2.05) is 12.1 Å². The number of rotatable bonds is 1. The largest absolute Gasteiger partial charge is 0.192 e. The highest BCUT2D eigenvalue weighted by Crippen LogP contribution is 2.56. The van der Waals surface area contributed by atoms with Crippen molar-refractivity contribution in [2.24, 2.45) is 11.3 Å². The molecule has 0 saturated heterocycles. The van der Waals surface area contributed by atoms with E-state index in [2.05, 4.69) is 25.1 Å². The van der Waals surface area contributed by atoms with Crippen LogP contribution >= 0.6 is 0 Å². The van der Waals surface area contributed by atoms with Crippen LogP contribution in [0.5, 0.6) is 0 Å². The van der Waals surface area contributed by atoms with Crippen LogP contribution in [0.15, 0.2) is 24.3 Å². The molecule has 0 spiro atoms. The number of hydrogen-bond donors (Lipinski definition) is 0. The van der Waals surface area contributed by atoms with Crippen molar-refractivity contribution >= 4 is 0 Å². The van der Waals surface area contributed by atoms with Crippen molar-refractivity contribution in [1.82, 2.24) is 0 Å². The summed E-state index contributed by atoms with van der Waals surface area (Å²) in [6.45, 7) is 2.53. The van der Waals surface area contributed by atoms with E-state index in [0.29, 0.717) is 11.3 Å². The molecule has 0 N–H and O–H groups in total.